The first-order chi connectivity index (χ1) is 15.0. The Morgan fingerprint density at radius 3 is 2.13 bits per heavy atom. The Bertz CT molecular complexity index is 1100. The van der Waals surface area contributed by atoms with Gasteiger partial charge in [0.1, 0.15) is 11.8 Å². The van der Waals surface area contributed by atoms with Crippen LogP contribution in [0, 0.1) is 0 Å². The summed E-state index contributed by atoms with van der Waals surface area (Å²) in [5.41, 5.74) is 3.18. The first-order valence-corrected chi connectivity index (χ1v) is 10.4. The van der Waals surface area contributed by atoms with Crippen LogP contribution >= 0.6 is 11.6 Å². The van der Waals surface area contributed by atoms with E-state index in [9.17, 15) is 14.7 Å². The maximum Gasteiger partial charge on any atom is 0.326 e. The molecule has 2 atom stereocenters. The number of halogens is 1. The predicted molar refractivity (Wildman–Crippen MR) is 119 cm³/mol. The third-order valence-electron chi connectivity index (χ3n) is 5.72. The second-order valence-electron chi connectivity index (χ2n) is 7.49. The number of carboxylic acid groups (broad SMARTS) is 1. The van der Waals surface area contributed by atoms with Crippen LogP contribution in [0.3, 0.4) is 0 Å². The molecule has 1 aliphatic heterocycles. The number of carbonyl (C=O) groups is 2. The average Bonchev–Trinajstić information content (AvgIpc) is 3.24. The number of rotatable bonds is 5. The lowest BCUT2D eigenvalue weighted by Gasteiger charge is -2.29. The van der Waals surface area contributed by atoms with Crippen LogP contribution in [0.4, 0.5) is 0 Å². The van der Waals surface area contributed by atoms with E-state index in [0.717, 1.165) is 22.4 Å². The summed E-state index contributed by atoms with van der Waals surface area (Å²) < 4.78 is 5.19. The molecule has 6 heteroatoms. The highest BCUT2D eigenvalue weighted by molar-refractivity contribution is 6.31. The summed E-state index contributed by atoms with van der Waals surface area (Å²) in [7, 11) is 1.62. The molecule has 0 radical (unpaired) electrons. The van der Waals surface area contributed by atoms with E-state index in [0.29, 0.717) is 23.4 Å². The van der Waals surface area contributed by atoms with Crippen molar-refractivity contribution >= 4 is 23.5 Å². The fourth-order valence-electron chi connectivity index (χ4n) is 4.13. The first kappa shape index (κ1) is 20.9. The van der Waals surface area contributed by atoms with Gasteiger partial charge in [0.05, 0.1) is 13.2 Å². The molecule has 4 rings (SSSR count). The van der Waals surface area contributed by atoms with E-state index in [4.69, 9.17) is 16.3 Å². The molecule has 1 amide bonds. The zero-order valence-corrected chi connectivity index (χ0v) is 17.8. The molecule has 158 valence electrons. The number of methoxy groups -OCH3 is 1. The number of hydrogen-bond donors (Lipinski definition) is 1. The summed E-state index contributed by atoms with van der Waals surface area (Å²) in [6.45, 7) is 0. The second-order valence-corrected chi connectivity index (χ2v) is 7.89. The van der Waals surface area contributed by atoms with Crippen molar-refractivity contribution in [3.8, 4) is 16.9 Å². The fraction of sp³-hybridized carbons (Fsp3) is 0.200. The van der Waals surface area contributed by atoms with Gasteiger partial charge in [0.25, 0.3) is 5.91 Å². The summed E-state index contributed by atoms with van der Waals surface area (Å²) in [4.78, 5) is 26.7. The highest BCUT2D eigenvalue weighted by Gasteiger charge is 2.42. The van der Waals surface area contributed by atoms with Crippen LogP contribution in [0.15, 0.2) is 72.8 Å². The van der Waals surface area contributed by atoms with Gasteiger partial charge in [-0.05, 0) is 59.9 Å². The zero-order valence-electron chi connectivity index (χ0n) is 17.0. The van der Waals surface area contributed by atoms with Crippen LogP contribution in [0.5, 0.6) is 5.75 Å². The molecule has 0 aliphatic carbocycles. The maximum atomic E-state index is 13.4. The summed E-state index contributed by atoms with van der Waals surface area (Å²) in [5, 5.41) is 10.2. The minimum atomic E-state index is -1.00. The van der Waals surface area contributed by atoms with Gasteiger partial charge in [-0.2, -0.15) is 0 Å². The van der Waals surface area contributed by atoms with Crippen molar-refractivity contribution in [2.45, 2.75) is 24.9 Å². The van der Waals surface area contributed by atoms with Crippen molar-refractivity contribution in [1.82, 2.24) is 4.90 Å². The molecule has 3 aromatic carbocycles. The summed E-state index contributed by atoms with van der Waals surface area (Å²) in [6, 6.07) is 20.9. The van der Waals surface area contributed by atoms with Crippen LogP contribution < -0.4 is 4.74 Å². The minimum Gasteiger partial charge on any atom is -0.497 e. The van der Waals surface area contributed by atoms with Gasteiger partial charge in [-0.1, -0.05) is 54.1 Å². The Morgan fingerprint density at radius 2 is 1.55 bits per heavy atom. The quantitative estimate of drug-likeness (QED) is 0.579. The van der Waals surface area contributed by atoms with Gasteiger partial charge in [0.2, 0.25) is 0 Å². The second kappa shape index (κ2) is 8.82. The normalized spacial score (nSPS) is 18.1. The molecule has 1 aliphatic rings. The Labute approximate surface area is 185 Å². The molecule has 0 spiro atoms. The molecule has 1 fully saturated rings. The molecule has 1 heterocycles. The van der Waals surface area contributed by atoms with E-state index in [1.54, 1.807) is 25.3 Å². The third kappa shape index (κ3) is 4.14. The molecule has 1 unspecified atom stereocenters. The highest BCUT2D eigenvalue weighted by atomic mass is 35.5. The van der Waals surface area contributed by atoms with Crippen LogP contribution in [0.2, 0.25) is 5.02 Å². The number of carbonyl (C=O) groups excluding carboxylic acids is 1. The molecule has 1 N–H and O–H groups in total. The smallest absolute Gasteiger partial charge is 0.326 e. The number of hydrogen-bond acceptors (Lipinski definition) is 3. The SMILES string of the molecule is COc1ccc(-c2ccc(C(=O)N3C(c4ccccc4Cl)CC[C@H]3C(=O)O)cc2)cc1. The Balaban J connectivity index is 1.63. The summed E-state index contributed by atoms with van der Waals surface area (Å²) in [6.07, 6.45) is 0.942. The van der Waals surface area contributed by atoms with E-state index < -0.39 is 12.0 Å². The molecule has 0 bridgehead atoms. The zero-order chi connectivity index (χ0) is 22.0. The molecule has 0 saturated carbocycles. The summed E-state index contributed by atoms with van der Waals surface area (Å²) in [5.74, 6) is -0.538. The standard InChI is InChI=1S/C25H22ClNO4/c1-31-19-12-10-17(11-13-19)16-6-8-18(9-7-16)24(28)27-22(14-15-23(27)25(29)30)20-4-2-3-5-21(20)26/h2-13,22-23H,14-15H2,1H3,(H,29,30)/t22?,23-/m0/s1. The topological polar surface area (TPSA) is 66.8 Å². The van der Waals surface area contributed by atoms with Gasteiger partial charge in [0.15, 0.2) is 0 Å². The number of likely N-dealkylation sites (tertiary alicyclic amines) is 1. The lowest BCUT2D eigenvalue weighted by atomic mass is 10.0. The number of benzene rings is 3. The van der Waals surface area contributed by atoms with E-state index in [2.05, 4.69) is 0 Å². The lowest BCUT2D eigenvalue weighted by Crippen LogP contribution is -2.41. The van der Waals surface area contributed by atoms with Crippen molar-refractivity contribution in [3.63, 3.8) is 0 Å². The molecule has 5 nitrogen and oxygen atoms in total. The van der Waals surface area contributed by atoms with Crippen LogP contribution in [0.25, 0.3) is 11.1 Å². The van der Waals surface area contributed by atoms with Gasteiger partial charge >= 0.3 is 5.97 Å². The molecular formula is C25H22ClNO4. The first-order valence-electron chi connectivity index (χ1n) is 10.0. The molecule has 0 aromatic heterocycles. The maximum absolute atomic E-state index is 13.4. The van der Waals surface area contributed by atoms with Crippen LogP contribution in [-0.2, 0) is 4.79 Å². The predicted octanol–water partition coefficient (Wildman–Crippen LogP) is 5.45. The van der Waals surface area contributed by atoms with Gasteiger partial charge in [-0.25, -0.2) is 4.79 Å². The van der Waals surface area contributed by atoms with Gasteiger partial charge in [0, 0.05) is 10.6 Å². The van der Waals surface area contributed by atoms with E-state index in [-0.39, 0.29) is 11.9 Å². The average molecular weight is 436 g/mol. The van der Waals surface area contributed by atoms with Gasteiger partial charge in [-0.3, -0.25) is 4.79 Å². The van der Waals surface area contributed by atoms with Crippen molar-refractivity contribution in [3.05, 3.63) is 88.9 Å². The van der Waals surface area contributed by atoms with E-state index in [1.165, 1.54) is 4.90 Å². The van der Waals surface area contributed by atoms with Gasteiger partial charge < -0.3 is 14.7 Å². The minimum absolute atomic E-state index is 0.309. The largest absolute Gasteiger partial charge is 0.497 e. The molecule has 31 heavy (non-hydrogen) atoms. The summed E-state index contributed by atoms with van der Waals surface area (Å²) >= 11 is 6.36. The monoisotopic (exact) mass is 435 g/mol. The van der Waals surface area contributed by atoms with Crippen molar-refractivity contribution in [1.29, 1.82) is 0 Å². The van der Waals surface area contributed by atoms with E-state index >= 15 is 0 Å². The van der Waals surface area contributed by atoms with Gasteiger partial charge in [-0.15, -0.1) is 0 Å². The van der Waals surface area contributed by atoms with Crippen molar-refractivity contribution < 1.29 is 19.4 Å². The molecule has 1 saturated heterocycles. The highest BCUT2D eigenvalue weighted by Crippen LogP contribution is 2.40. The van der Waals surface area contributed by atoms with Crippen LogP contribution in [-0.4, -0.2) is 35.0 Å². The lowest BCUT2D eigenvalue weighted by molar-refractivity contribution is -0.141. The van der Waals surface area contributed by atoms with E-state index in [1.807, 2.05) is 54.6 Å². The Kier molecular flexibility index (Phi) is 5.96. The Hall–Kier alpha value is -3.31. The van der Waals surface area contributed by atoms with Crippen LogP contribution in [0.1, 0.15) is 34.8 Å². The third-order valence-corrected chi connectivity index (χ3v) is 6.07. The molecule has 3 aromatic rings. The number of amides is 1. The number of ether oxygens (including phenoxy) is 1. The van der Waals surface area contributed by atoms with Crippen molar-refractivity contribution in [2.75, 3.05) is 7.11 Å². The Morgan fingerprint density at radius 1 is 0.935 bits per heavy atom. The number of aliphatic carboxylic acids is 1. The number of carboxylic acids is 1. The number of nitrogens with zero attached hydrogens (tertiary/aromatic N) is 1. The molecular weight excluding hydrogens is 414 g/mol. The fourth-order valence-corrected chi connectivity index (χ4v) is 4.39. The van der Waals surface area contributed by atoms with Crippen molar-refractivity contribution in [2.24, 2.45) is 0 Å².